The van der Waals surface area contributed by atoms with Gasteiger partial charge in [-0.15, -0.1) is 0 Å². The van der Waals surface area contributed by atoms with Gasteiger partial charge in [0.15, 0.2) is 5.78 Å². The van der Waals surface area contributed by atoms with Crippen molar-refractivity contribution in [1.29, 1.82) is 0 Å². The first kappa shape index (κ1) is 19.1. The number of hydrogen-bond donors (Lipinski definition) is 0. The van der Waals surface area contributed by atoms with Crippen molar-refractivity contribution in [3.8, 4) is 0 Å². The molecule has 1 amide bonds. The molecular formula is C24H21FN2O2. The SMILES string of the molecule is [C-]#[N+]C1=C[C@]2(c3ccccc3)C(=O)N(Cc3ccc(F)cc3)CC[C@H]2[C@H](C)C1=O. The van der Waals surface area contributed by atoms with Crippen LogP contribution in [0.25, 0.3) is 4.85 Å². The number of hydrogen-bond acceptors (Lipinski definition) is 2. The van der Waals surface area contributed by atoms with Gasteiger partial charge in [-0.2, -0.15) is 0 Å². The Labute approximate surface area is 169 Å². The summed E-state index contributed by atoms with van der Waals surface area (Å²) in [7, 11) is 0. The zero-order valence-electron chi connectivity index (χ0n) is 16.1. The zero-order valence-corrected chi connectivity index (χ0v) is 16.1. The molecule has 29 heavy (non-hydrogen) atoms. The highest BCUT2D eigenvalue weighted by molar-refractivity contribution is 6.04. The van der Waals surface area contributed by atoms with Crippen LogP contribution in [0.15, 0.2) is 66.4 Å². The Kier molecular flexibility index (Phi) is 4.79. The van der Waals surface area contributed by atoms with Gasteiger partial charge in [0.1, 0.15) is 5.82 Å². The number of fused-ring (bicyclic) bond motifs is 1. The van der Waals surface area contributed by atoms with Crippen LogP contribution < -0.4 is 0 Å². The molecule has 0 radical (unpaired) electrons. The van der Waals surface area contributed by atoms with Crippen LogP contribution in [0.5, 0.6) is 0 Å². The standard InChI is InChI=1S/C24H21FN2O2/c1-16-20-12-13-27(15-17-8-10-19(25)11-9-17)23(29)24(20,14-21(26-2)22(16)28)18-6-4-3-5-7-18/h3-11,14,16,20H,12-13,15H2,1H3/t16-,20-,24+/m0/s1. The number of rotatable bonds is 3. The average Bonchev–Trinajstić information content (AvgIpc) is 2.75. The smallest absolute Gasteiger partial charge is 0.236 e. The van der Waals surface area contributed by atoms with E-state index in [1.165, 1.54) is 12.1 Å². The fraction of sp³-hybridized carbons (Fsp3) is 0.292. The lowest BCUT2D eigenvalue weighted by Crippen LogP contribution is -2.59. The van der Waals surface area contributed by atoms with E-state index in [1.54, 1.807) is 23.1 Å². The third kappa shape index (κ3) is 3.05. The number of carbonyl (C=O) groups excluding carboxylic acids is 2. The number of nitrogens with zero attached hydrogens (tertiary/aromatic N) is 2. The summed E-state index contributed by atoms with van der Waals surface area (Å²) in [6.45, 7) is 10.2. The number of benzene rings is 2. The largest absolute Gasteiger partial charge is 0.337 e. The minimum Gasteiger partial charge on any atom is -0.337 e. The Morgan fingerprint density at radius 3 is 2.48 bits per heavy atom. The summed E-state index contributed by atoms with van der Waals surface area (Å²) in [5.74, 6) is -1.20. The van der Waals surface area contributed by atoms with Gasteiger partial charge in [-0.1, -0.05) is 55.5 Å². The Morgan fingerprint density at radius 1 is 1.14 bits per heavy atom. The average molecular weight is 388 g/mol. The van der Waals surface area contributed by atoms with Gasteiger partial charge in [-0.25, -0.2) is 9.24 Å². The molecule has 2 aromatic carbocycles. The lowest BCUT2D eigenvalue weighted by atomic mass is 9.58. The van der Waals surface area contributed by atoms with Crippen molar-refractivity contribution in [1.82, 2.24) is 4.90 Å². The number of allylic oxidation sites excluding steroid dienone is 1. The summed E-state index contributed by atoms with van der Waals surface area (Å²) in [5, 5.41) is 0. The van der Waals surface area contributed by atoms with Crippen molar-refractivity contribution in [2.75, 3.05) is 6.54 Å². The van der Waals surface area contributed by atoms with Gasteiger partial charge in [-0.3, -0.25) is 4.79 Å². The van der Waals surface area contributed by atoms with Crippen LogP contribution in [0.1, 0.15) is 24.5 Å². The molecule has 5 heteroatoms. The molecule has 146 valence electrons. The molecule has 1 fully saturated rings. The van der Waals surface area contributed by atoms with Crippen LogP contribution in [0.2, 0.25) is 0 Å². The molecule has 4 rings (SSSR count). The van der Waals surface area contributed by atoms with E-state index in [0.29, 0.717) is 19.5 Å². The number of piperidine rings is 1. The highest BCUT2D eigenvalue weighted by atomic mass is 19.1. The van der Waals surface area contributed by atoms with Crippen molar-refractivity contribution in [3.05, 3.63) is 94.7 Å². The molecule has 0 unspecified atom stereocenters. The van der Waals surface area contributed by atoms with Crippen LogP contribution in [0.3, 0.4) is 0 Å². The summed E-state index contributed by atoms with van der Waals surface area (Å²) in [6.07, 6.45) is 2.26. The van der Waals surface area contributed by atoms with E-state index < -0.39 is 11.3 Å². The topological polar surface area (TPSA) is 41.7 Å². The van der Waals surface area contributed by atoms with Gasteiger partial charge >= 0.3 is 0 Å². The van der Waals surface area contributed by atoms with Crippen molar-refractivity contribution in [3.63, 3.8) is 0 Å². The van der Waals surface area contributed by atoms with Gasteiger partial charge in [-0.05, 0) is 35.6 Å². The van der Waals surface area contributed by atoms with Crippen LogP contribution in [-0.4, -0.2) is 23.1 Å². The Morgan fingerprint density at radius 2 is 1.83 bits per heavy atom. The van der Waals surface area contributed by atoms with Gasteiger partial charge in [0, 0.05) is 19.0 Å². The maximum absolute atomic E-state index is 13.9. The minimum absolute atomic E-state index is 0.0367. The fourth-order valence-electron chi connectivity index (χ4n) is 4.74. The van der Waals surface area contributed by atoms with Gasteiger partial charge in [0.05, 0.1) is 12.0 Å². The molecule has 1 heterocycles. The monoisotopic (exact) mass is 388 g/mol. The first-order valence-corrected chi connectivity index (χ1v) is 9.71. The van der Waals surface area contributed by atoms with E-state index in [9.17, 15) is 14.0 Å². The Hall–Kier alpha value is -3.26. The number of carbonyl (C=O) groups is 2. The van der Waals surface area contributed by atoms with Crippen molar-refractivity contribution >= 4 is 11.7 Å². The zero-order chi connectivity index (χ0) is 20.6. The molecule has 1 aliphatic carbocycles. The van der Waals surface area contributed by atoms with Crippen LogP contribution in [-0.2, 0) is 21.5 Å². The fourth-order valence-corrected chi connectivity index (χ4v) is 4.74. The molecule has 0 spiro atoms. The van der Waals surface area contributed by atoms with E-state index in [0.717, 1.165) is 11.1 Å². The van der Waals surface area contributed by atoms with Crippen LogP contribution >= 0.6 is 0 Å². The number of ketones is 1. The first-order chi connectivity index (χ1) is 14.0. The first-order valence-electron chi connectivity index (χ1n) is 9.71. The lowest BCUT2D eigenvalue weighted by Gasteiger charge is -2.50. The molecule has 0 aromatic heterocycles. The molecule has 3 atom stereocenters. The predicted octanol–water partition coefficient (Wildman–Crippen LogP) is 4.13. The molecule has 1 saturated heterocycles. The maximum atomic E-state index is 13.9. The lowest BCUT2D eigenvalue weighted by molar-refractivity contribution is -0.145. The Bertz CT molecular complexity index is 1020. The quantitative estimate of drug-likeness (QED) is 0.742. The summed E-state index contributed by atoms with van der Waals surface area (Å²) in [4.78, 5) is 31.7. The molecule has 0 N–H and O–H groups in total. The predicted molar refractivity (Wildman–Crippen MR) is 107 cm³/mol. The summed E-state index contributed by atoms with van der Waals surface area (Å²) >= 11 is 0. The highest BCUT2D eigenvalue weighted by Crippen LogP contribution is 2.49. The molecule has 2 aromatic rings. The molecule has 0 bridgehead atoms. The molecule has 4 nitrogen and oxygen atoms in total. The highest BCUT2D eigenvalue weighted by Gasteiger charge is 2.56. The summed E-state index contributed by atoms with van der Waals surface area (Å²) in [6, 6.07) is 15.6. The van der Waals surface area contributed by atoms with Crippen LogP contribution in [0.4, 0.5) is 4.39 Å². The normalized spacial score (nSPS) is 26.5. The van der Waals surface area contributed by atoms with E-state index in [1.807, 2.05) is 37.3 Å². The third-order valence-corrected chi connectivity index (χ3v) is 6.23. The van der Waals surface area contributed by atoms with E-state index in [-0.39, 0.29) is 29.1 Å². The van der Waals surface area contributed by atoms with Gasteiger partial charge in [0.25, 0.3) is 0 Å². The molecular weight excluding hydrogens is 367 g/mol. The van der Waals surface area contributed by atoms with E-state index >= 15 is 0 Å². The second kappa shape index (κ2) is 7.29. The molecule has 2 aliphatic rings. The van der Waals surface area contributed by atoms with E-state index in [4.69, 9.17) is 6.57 Å². The van der Waals surface area contributed by atoms with Crippen molar-refractivity contribution < 1.29 is 14.0 Å². The second-order valence-electron chi connectivity index (χ2n) is 7.78. The maximum Gasteiger partial charge on any atom is 0.236 e. The number of amides is 1. The number of Topliss-reactive ketones (excluding diaryl/α,β-unsaturated/α-hetero) is 1. The summed E-state index contributed by atoms with van der Waals surface area (Å²) < 4.78 is 13.3. The number of likely N-dealkylation sites (tertiary alicyclic amines) is 1. The van der Waals surface area contributed by atoms with E-state index in [2.05, 4.69) is 4.85 Å². The Balaban J connectivity index is 1.82. The minimum atomic E-state index is -1.03. The van der Waals surface area contributed by atoms with Crippen molar-refractivity contribution in [2.45, 2.75) is 25.3 Å². The second-order valence-corrected chi connectivity index (χ2v) is 7.78. The summed E-state index contributed by atoms with van der Waals surface area (Å²) in [5.41, 5.74) is 0.650. The molecule has 1 aliphatic heterocycles. The van der Waals surface area contributed by atoms with Crippen molar-refractivity contribution in [2.24, 2.45) is 11.8 Å². The molecule has 0 saturated carbocycles. The van der Waals surface area contributed by atoms with Crippen LogP contribution in [0, 0.1) is 24.2 Å². The number of halogens is 1. The third-order valence-electron chi connectivity index (χ3n) is 6.23. The van der Waals surface area contributed by atoms with Gasteiger partial charge < -0.3 is 9.69 Å². The van der Waals surface area contributed by atoms with Gasteiger partial charge in [0.2, 0.25) is 11.6 Å².